The molecule has 77 heavy (non-hydrogen) atoms. The van der Waals surface area contributed by atoms with Gasteiger partial charge in [-0.3, -0.25) is 14.4 Å². The Labute approximate surface area is 479 Å². The van der Waals surface area contributed by atoms with E-state index in [1.807, 2.05) is 0 Å². The van der Waals surface area contributed by atoms with Crippen molar-refractivity contribution in [1.29, 1.82) is 0 Å². The lowest BCUT2D eigenvalue weighted by Crippen LogP contribution is -2.30. The van der Waals surface area contributed by atoms with Crippen molar-refractivity contribution in [2.45, 2.75) is 374 Å². The van der Waals surface area contributed by atoms with E-state index in [0.29, 0.717) is 19.3 Å². The lowest BCUT2D eigenvalue weighted by Gasteiger charge is -2.18. The second-order valence-corrected chi connectivity index (χ2v) is 23.1. The first-order chi connectivity index (χ1) is 38.0. The van der Waals surface area contributed by atoms with E-state index in [-0.39, 0.29) is 31.1 Å². The standard InChI is InChI=1S/C71H130O6/c1-4-7-10-13-16-19-22-25-28-29-30-31-32-33-34-35-36-37-38-39-40-41-42-44-46-49-52-55-58-61-64-70(73)76-67-68(66-75-69(72)63-60-57-54-51-48-45-27-24-21-18-15-12-9-6-3)77-71(74)65-62-59-56-53-50-47-43-26-23-20-17-14-11-8-5-2/h15,17-18,20,24,26-27,43,68H,4-14,16,19,21-23,25,28-42,44-67H2,1-3H3/b18-15-,20-17-,27-24-,43-26-. The third-order valence-electron chi connectivity index (χ3n) is 15.3. The third-order valence-corrected chi connectivity index (χ3v) is 15.3. The molecule has 0 radical (unpaired) electrons. The van der Waals surface area contributed by atoms with E-state index in [9.17, 15) is 14.4 Å². The predicted molar refractivity (Wildman–Crippen MR) is 335 cm³/mol. The van der Waals surface area contributed by atoms with Crippen molar-refractivity contribution in [2.75, 3.05) is 13.2 Å². The fraction of sp³-hybridized carbons (Fsp3) is 0.845. The Morgan fingerprint density at radius 1 is 0.260 bits per heavy atom. The van der Waals surface area contributed by atoms with Gasteiger partial charge in [-0.05, 0) is 77.0 Å². The highest BCUT2D eigenvalue weighted by atomic mass is 16.6. The van der Waals surface area contributed by atoms with Crippen LogP contribution >= 0.6 is 0 Å². The predicted octanol–water partition coefficient (Wildman–Crippen LogP) is 23.3. The SMILES string of the molecule is CCCC/C=C\C/C=C\CCCCCCCC(=O)OCC(COC(=O)CCCCCCCCCCCCCCCCCCCCCCCCCCCCCCCC)OC(=O)CCCCCCC/C=C\C/C=C\CCCCC. The summed E-state index contributed by atoms with van der Waals surface area (Å²) in [6.07, 6.45) is 82.9. The first kappa shape index (κ1) is 74.4. The van der Waals surface area contributed by atoms with Crippen molar-refractivity contribution in [2.24, 2.45) is 0 Å². The van der Waals surface area contributed by atoms with Crippen LogP contribution in [0.3, 0.4) is 0 Å². The minimum atomic E-state index is -0.785. The number of hydrogen-bond acceptors (Lipinski definition) is 6. The van der Waals surface area contributed by atoms with E-state index >= 15 is 0 Å². The summed E-state index contributed by atoms with van der Waals surface area (Å²) in [5.41, 5.74) is 0. The largest absolute Gasteiger partial charge is 0.462 e. The molecule has 0 N–H and O–H groups in total. The molecule has 0 spiro atoms. The molecular weight excluding hydrogens is 949 g/mol. The molecule has 1 atom stereocenters. The summed E-state index contributed by atoms with van der Waals surface area (Å²) in [5.74, 6) is -0.889. The van der Waals surface area contributed by atoms with Gasteiger partial charge in [-0.25, -0.2) is 0 Å². The number of carbonyl (C=O) groups excluding carboxylic acids is 3. The van der Waals surface area contributed by atoms with E-state index in [2.05, 4.69) is 69.4 Å². The van der Waals surface area contributed by atoms with Crippen LogP contribution in [0.2, 0.25) is 0 Å². The molecule has 6 nitrogen and oxygen atoms in total. The first-order valence-electron chi connectivity index (χ1n) is 34.1. The molecule has 0 saturated heterocycles. The van der Waals surface area contributed by atoms with Crippen LogP contribution in [0.1, 0.15) is 367 Å². The molecule has 0 bridgehead atoms. The molecule has 0 aliphatic rings. The minimum absolute atomic E-state index is 0.0802. The minimum Gasteiger partial charge on any atom is -0.462 e. The fourth-order valence-corrected chi connectivity index (χ4v) is 10.1. The lowest BCUT2D eigenvalue weighted by molar-refractivity contribution is -0.167. The number of rotatable bonds is 63. The summed E-state index contributed by atoms with van der Waals surface area (Å²) < 4.78 is 16.9. The Kier molecular flexibility index (Phi) is 63.6. The van der Waals surface area contributed by atoms with Gasteiger partial charge in [0.25, 0.3) is 0 Å². The van der Waals surface area contributed by atoms with E-state index in [1.165, 1.54) is 225 Å². The van der Waals surface area contributed by atoms with Crippen molar-refractivity contribution in [3.8, 4) is 0 Å². The first-order valence-corrected chi connectivity index (χ1v) is 34.1. The molecule has 0 aromatic heterocycles. The second-order valence-electron chi connectivity index (χ2n) is 23.1. The molecular formula is C71H130O6. The molecule has 0 aromatic carbocycles. The number of esters is 3. The van der Waals surface area contributed by atoms with Crippen molar-refractivity contribution >= 4 is 17.9 Å². The van der Waals surface area contributed by atoms with Crippen LogP contribution in [0, 0.1) is 0 Å². The Bertz CT molecular complexity index is 1330. The maximum atomic E-state index is 12.9. The van der Waals surface area contributed by atoms with Gasteiger partial charge in [0.1, 0.15) is 13.2 Å². The molecule has 0 saturated carbocycles. The number of allylic oxidation sites excluding steroid dienone is 8. The van der Waals surface area contributed by atoms with Gasteiger partial charge >= 0.3 is 17.9 Å². The summed E-state index contributed by atoms with van der Waals surface area (Å²) in [7, 11) is 0. The topological polar surface area (TPSA) is 78.9 Å². The molecule has 0 aromatic rings. The van der Waals surface area contributed by atoms with Crippen LogP contribution in [-0.4, -0.2) is 37.2 Å². The summed E-state index contributed by atoms with van der Waals surface area (Å²) in [6, 6.07) is 0. The number of unbranched alkanes of at least 4 members (excludes halogenated alkanes) is 44. The van der Waals surface area contributed by atoms with Crippen LogP contribution < -0.4 is 0 Å². The summed E-state index contributed by atoms with van der Waals surface area (Å²) in [5, 5.41) is 0. The van der Waals surface area contributed by atoms with Crippen LogP contribution in [0.25, 0.3) is 0 Å². The average Bonchev–Trinajstić information content (AvgIpc) is 3.43. The zero-order chi connectivity index (χ0) is 55.7. The smallest absolute Gasteiger partial charge is 0.306 e. The van der Waals surface area contributed by atoms with Crippen LogP contribution in [0.4, 0.5) is 0 Å². The molecule has 0 heterocycles. The van der Waals surface area contributed by atoms with E-state index in [1.54, 1.807) is 0 Å². The van der Waals surface area contributed by atoms with Crippen LogP contribution in [0.5, 0.6) is 0 Å². The molecule has 1 unspecified atom stereocenters. The fourth-order valence-electron chi connectivity index (χ4n) is 10.1. The quantitative estimate of drug-likeness (QED) is 0.0261. The van der Waals surface area contributed by atoms with Gasteiger partial charge in [-0.2, -0.15) is 0 Å². The Hall–Kier alpha value is -2.63. The number of hydrogen-bond donors (Lipinski definition) is 0. The second kappa shape index (κ2) is 65.9. The maximum absolute atomic E-state index is 12.9. The van der Waals surface area contributed by atoms with Gasteiger partial charge in [-0.1, -0.05) is 320 Å². The average molecular weight is 1080 g/mol. The Morgan fingerprint density at radius 2 is 0.481 bits per heavy atom. The van der Waals surface area contributed by atoms with Crippen molar-refractivity contribution in [1.82, 2.24) is 0 Å². The Balaban J connectivity index is 4.16. The van der Waals surface area contributed by atoms with E-state index in [0.717, 1.165) is 103 Å². The molecule has 0 aliphatic carbocycles. The molecule has 450 valence electrons. The van der Waals surface area contributed by atoms with Crippen LogP contribution in [0.15, 0.2) is 48.6 Å². The summed E-state index contributed by atoms with van der Waals surface area (Å²) in [4.78, 5) is 38.3. The summed E-state index contributed by atoms with van der Waals surface area (Å²) >= 11 is 0. The highest BCUT2D eigenvalue weighted by Crippen LogP contribution is 2.18. The summed E-state index contributed by atoms with van der Waals surface area (Å²) in [6.45, 7) is 6.60. The molecule has 0 rings (SSSR count). The molecule has 6 heteroatoms. The number of carbonyl (C=O) groups is 3. The zero-order valence-corrected chi connectivity index (χ0v) is 51.7. The molecule has 0 amide bonds. The van der Waals surface area contributed by atoms with Crippen molar-refractivity contribution < 1.29 is 28.6 Å². The van der Waals surface area contributed by atoms with Gasteiger partial charge in [0.2, 0.25) is 0 Å². The van der Waals surface area contributed by atoms with Gasteiger partial charge in [-0.15, -0.1) is 0 Å². The maximum Gasteiger partial charge on any atom is 0.306 e. The van der Waals surface area contributed by atoms with Gasteiger partial charge in [0.05, 0.1) is 0 Å². The normalized spacial score (nSPS) is 12.3. The highest BCUT2D eigenvalue weighted by Gasteiger charge is 2.19. The van der Waals surface area contributed by atoms with E-state index in [4.69, 9.17) is 14.2 Å². The third kappa shape index (κ3) is 64.1. The monoisotopic (exact) mass is 1080 g/mol. The van der Waals surface area contributed by atoms with Gasteiger partial charge < -0.3 is 14.2 Å². The van der Waals surface area contributed by atoms with Gasteiger partial charge in [0, 0.05) is 19.3 Å². The Morgan fingerprint density at radius 3 is 0.779 bits per heavy atom. The lowest BCUT2D eigenvalue weighted by atomic mass is 10.0. The highest BCUT2D eigenvalue weighted by molar-refractivity contribution is 5.71. The van der Waals surface area contributed by atoms with Crippen molar-refractivity contribution in [3.05, 3.63) is 48.6 Å². The zero-order valence-electron chi connectivity index (χ0n) is 51.7. The number of ether oxygens (including phenoxy) is 3. The van der Waals surface area contributed by atoms with Gasteiger partial charge in [0.15, 0.2) is 6.10 Å². The molecule has 0 aliphatic heterocycles. The molecule has 0 fully saturated rings. The van der Waals surface area contributed by atoms with E-state index < -0.39 is 6.10 Å². The van der Waals surface area contributed by atoms with Crippen molar-refractivity contribution in [3.63, 3.8) is 0 Å². The van der Waals surface area contributed by atoms with Crippen LogP contribution in [-0.2, 0) is 28.6 Å².